The third-order valence-electron chi connectivity index (χ3n) is 1.63. The van der Waals surface area contributed by atoms with Crippen molar-refractivity contribution in [2.45, 2.75) is 19.8 Å². The van der Waals surface area contributed by atoms with Crippen molar-refractivity contribution in [3.05, 3.63) is 0 Å². The molecule has 0 unspecified atom stereocenters. The number of hydrogen-bond donors (Lipinski definition) is 2. The summed E-state index contributed by atoms with van der Waals surface area (Å²) in [5.74, 6) is 0.624. The summed E-state index contributed by atoms with van der Waals surface area (Å²) in [7, 11) is 1.49. The monoisotopic (exact) mass is 197 g/mol. The van der Waals surface area contributed by atoms with Gasteiger partial charge in [0.25, 0.3) is 0 Å². The van der Waals surface area contributed by atoms with E-state index < -0.39 is 0 Å². The molecular weight excluding hydrogens is 182 g/mol. The van der Waals surface area contributed by atoms with Gasteiger partial charge in [0.15, 0.2) is 0 Å². The first-order valence-electron chi connectivity index (χ1n) is 4.55. The van der Waals surface area contributed by atoms with E-state index in [0.29, 0.717) is 5.95 Å². The quantitative estimate of drug-likeness (QED) is 0.675. The molecule has 1 rings (SSSR count). The molecule has 0 amide bonds. The molecule has 1 aromatic rings. The van der Waals surface area contributed by atoms with Crippen molar-refractivity contribution < 1.29 is 4.74 Å². The average Bonchev–Trinajstić information content (AvgIpc) is 2.17. The van der Waals surface area contributed by atoms with Crippen LogP contribution in [0, 0.1) is 0 Å². The van der Waals surface area contributed by atoms with Gasteiger partial charge in [0, 0.05) is 6.54 Å². The van der Waals surface area contributed by atoms with Gasteiger partial charge in [-0.2, -0.15) is 15.0 Å². The number of nitrogens with one attached hydrogen (secondary N) is 1. The van der Waals surface area contributed by atoms with Gasteiger partial charge in [-0.25, -0.2) is 0 Å². The van der Waals surface area contributed by atoms with E-state index in [-0.39, 0.29) is 12.0 Å². The van der Waals surface area contributed by atoms with E-state index in [9.17, 15) is 0 Å². The van der Waals surface area contributed by atoms with Crippen molar-refractivity contribution >= 4 is 11.9 Å². The summed E-state index contributed by atoms with van der Waals surface area (Å²) >= 11 is 0. The molecule has 0 aliphatic heterocycles. The Kier molecular flexibility index (Phi) is 3.90. The van der Waals surface area contributed by atoms with Gasteiger partial charge in [-0.3, -0.25) is 0 Å². The van der Waals surface area contributed by atoms with E-state index in [0.717, 1.165) is 19.4 Å². The highest BCUT2D eigenvalue weighted by Crippen LogP contribution is 2.07. The molecule has 0 atom stereocenters. The fourth-order valence-corrected chi connectivity index (χ4v) is 0.919. The third-order valence-corrected chi connectivity index (χ3v) is 1.63. The van der Waals surface area contributed by atoms with Gasteiger partial charge >= 0.3 is 6.01 Å². The predicted octanol–water partition coefficient (Wildman–Crippen LogP) is 0.674. The summed E-state index contributed by atoms with van der Waals surface area (Å²) in [6, 6.07) is 0.233. The van der Waals surface area contributed by atoms with Crippen molar-refractivity contribution in [3.63, 3.8) is 0 Å². The Bertz CT molecular complexity index is 291. The van der Waals surface area contributed by atoms with E-state index in [1.165, 1.54) is 7.11 Å². The number of unbranched alkanes of at least 4 members (excludes halogenated alkanes) is 1. The van der Waals surface area contributed by atoms with E-state index in [1.54, 1.807) is 0 Å². The van der Waals surface area contributed by atoms with Crippen molar-refractivity contribution in [2.75, 3.05) is 24.7 Å². The molecule has 6 heteroatoms. The fourth-order valence-electron chi connectivity index (χ4n) is 0.919. The molecule has 78 valence electrons. The molecule has 0 saturated carbocycles. The lowest BCUT2D eigenvalue weighted by molar-refractivity contribution is 0.379. The molecule has 14 heavy (non-hydrogen) atoms. The molecule has 0 aromatic carbocycles. The van der Waals surface area contributed by atoms with Crippen molar-refractivity contribution in [1.82, 2.24) is 15.0 Å². The first kappa shape index (κ1) is 10.5. The topological polar surface area (TPSA) is 86.0 Å². The zero-order valence-corrected chi connectivity index (χ0v) is 8.45. The highest BCUT2D eigenvalue weighted by Gasteiger charge is 2.02. The molecule has 0 spiro atoms. The predicted molar refractivity (Wildman–Crippen MR) is 54.2 cm³/mol. The van der Waals surface area contributed by atoms with Gasteiger partial charge in [0.2, 0.25) is 11.9 Å². The number of rotatable bonds is 5. The molecule has 0 fully saturated rings. The molecule has 0 saturated heterocycles. The maximum Gasteiger partial charge on any atom is 0.322 e. The van der Waals surface area contributed by atoms with Crippen LogP contribution in [-0.2, 0) is 0 Å². The van der Waals surface area contributed by atoms with Crippen LogP contribution in [0.15, 0.2) is 0 Å². The summed E-state index contributed by atoms with van der Waals surface area (Å²) in [6.45, 7) is 2.94. The second-order valence-corrected chi connectivity index (χ2v) is 2.78. The summed E-state index contributed by atoms with van der Waals surface area (Å²) < 4.78 is 4.86. The van der Waals surface area contributed by atoms with Crippen LogP contribution in [0.1, 0.15) is 19.8 Å². The Balaban J connectivity index is 2.62. The summed E-state index contributed by atoms with van der Waals surface area (Å²) in [5.41, 5.74) is 5.46. The highest BCUT2D eigenvalue weighted by atomic mass is 16.5. The van der Waals surface area contributed by atoms with E-state index >= 15 is 0 Å². The number of methoxy groups -OCH3 is 1. The molecule has 0 aliphatic carbocycles. The Morgan fingerprint density at radius 3 is 2.79 bits per heavy atom. The van der Waals surface area contributed by atoms with E-state index in [2.05, 4.69) is 27.2 Å². The summed E-state index contributed by atoms with van der Waals surface area (Å²) in [6.07, 6.45) is 2.18. The minimum Gasteiger partial charge on any atom is -0.467 e. The van der Waals surface area contributed by atoms with Crippen molar-refractivity contribution in [1.29, 1.82) is 0 Å². The van der Waals surface area contributed by atoms with Crippen LogP contribution in [0.25, 0.3) is 0 Å². The average molecular weight is 197 g/mol. The highest BCUT2D eigenvalue weighted by molar-refractivity contribution is 5.32. The normalized spacial score (nSPS) is 9.86. The molecule has 1 aromatic heterocycles. The Labute approximate surface area is 82.9 Å². The maximum absolute atomic E-state index is 5.46. The van der Waals surface area contributed by atoms with Crippen LogP contribution in [-0.4, -0.2) is 28.6 Å². The Hall–Kier alpha value is -1.59. The van der Waals surface area contributed by atoms with Crippen molar-refractivity contribution in [3.8, 4) is 6.01 Å². The van der Waals surface area contributed by atoms with E-state index in [1.807, 2.05) is 0 Å². The maximum atomic E-state index is 5.46. The van der Waals surface area contributed by atoms with Crippen LogP contribution in [0.3, 0.4) is 0 Å². The number of anilines is 2. The molecule has 3 N–H and O–H groups in total. The van der Waals surface area contributed by atoms with Crippen molar-refractivity contribution in [2.24, 2.45) is 0 Å². The zero-order chi connectivity index (χ0) is 10.4. The minimum absolute atomic E-state index is 0.163. The number of nitrogen functional groups attached to an aromatic ring is 1. The summed E-state index contributed by atoms with van der Waals surface area (Å²) in [4.78, 5) is 11.7. The minimum atomic E-state index is 0.163. The smallest absolute Gasteiger partial charge is 0.322 e. The lowest BCUT2D eigenvalue weighted by Gasteiger charge is -2.05. The lowest BCUT2D eigenvalue weighted by Crippen LogP contribution is -2.09. The largest absolute Gasteiger partial charge is 0.467 e. The number of nitrogens with zero attached hydrogens (tertiary/aromatic N) is 3. The number of aromatic nitrogens is 3. The first-order chi connectivity index (χ1) is 6.76. The molecule has 1 heterocycles. The number of hydrogen-bond acceptors (Lipinski definition) is 6. The second kappa shape index (κ2) is 5.21. The Morgan fingerprint density at radius 1 is 1.36 bits per heavy atom. The molecule has 6 nitrogen and oxygen atoms in total. The molecule has 0 aliphatic rings. The third kappa shape index (κ3) is 3.04. The van der Waals surface area contributed by atoms with Gasteiger partial charge in [-0.05, 0) is 6.42 Å². The van der Waals surface area contributed by atoms with Gasteiger partial charge in [-0.1, -0.05) is 13.3 Å². The SMILES string of the molecule is CCCCNc1nc(N)nc(OC)n1. The summed E-state index contributed by atoms with van der Waals surface area (Å²) in [5, 5.41) is 3.04. The van der Waals surface area contributed by atoms with Crippen LogP contribution in [0.5, 0.6) is 6.01 Å². The molecule has 0 bridgehead atoms. The van der Waals surface area contributed by atoms with Crippen LogP contribution in [0.4, 0.5) is 11.9 Å². The molecular formula is C8H15N5O. The fraction of sp³-hybridized carbons (Fsp3) is 0.625. The number of nitrogens with two attached hydrogens (primary N) is 1. The zero-order valence-electron chi connectivity index (χ0n) is 8.45. The molecule has 0 radical (unpaired) electrons. The second-order valence-electron chi connectivity index (χ2n) is 2.78. The van der Waals surface area contributed by atoms with E-state index in [4.69, 9.17) is 10.5 Å². The van der Waals surface area contributed by atoms with Gasteiger partial charge < -0.3 is 15.8 Å². The Morgan fingerprint density at radius 2 is 2.14 bits per heavy atom. The number of ether oxygens (including phenoxy) is 1. The van der Waals surface area contributed by atoms with Crippen LogP contribution in [0.2, 0.25) is 0 Å². The van der Waals surface area contributed by atoms with Gasteiger partial charge in [-0.15, -0.1) is 0 Å². The van der Waals surface area contributed by atoms with Crippen LogP contribution < -0.4 is 15.8 Å². The van der Waals surface area contributed by atoms with Gasteiger partial charge in [0.05, 0.1) is 7.11 Å². The standard InChI is InChI=1S/C8H15N5O/c1-3-4-5-10-7-11-6(9)12-8(13-7)14-2/h3-5H2,1-2H3,(H3,9,10,11,12,13). The first-order valence-corrected chi connectivity index (χ1v) is 4.55. The van der Waals surface area contributed by atoms with Crippen LogP contribution >= 0.6 is 0 Å². The van der Waals surface area contributed by atoms with Gasteiger partial charge in [0.1, 0.15) is 0 Å². The lowest BCUT2D eigenvalue weighted by atomic mass is 10.3.